The van der Waals surface area contributed by atoms with Crippen molar-refractivity contribution in [2.75, 3.05) is 7.11 Å². The molecule has 0 atom stereocenters. The fraction of sp³-hybridized carbons (Fsp3) is 0.143. The maximum Gasteiger partial charge on any atom is 0.127 e. The minimum absolute atomic E-state index is 0.514. The van der Waals surface area contributed by atoms with Crippen molar-refractivity contribution in [3.8, 4) is 17.2 Å². The van der Waals surface area contributed by atoms with Gasteiger partial charge in [0.15, 0.2) is 0 Å². The van der Waals surface area contributed by atoms with Gasteiger partial charge in [-0.25, -0.2) is 0 Å². The number of rotatable bonds is 4. The summed E-state index contributed by atoms with van der Waals surface area (Å²) in [5.74, 6) is 2.38. The summed E-state index contributed by atoms with van der Waals surface area (Å²) in [5, 5.41) is 0. The fourth-order valence-corrected chi connectivity index (χ4v) is 1.52. The first kappa shape index (κ1) is 11.5. The molecule has 0 radical (unpaired) electrons. The molecule has 17 heavy (non-hydrogen) atoms. The number of hydrogen-bond donors (Lipinski definition) is 1. The molecule has 2 aromatic carbocycles. The normalized spacial score (nSPS) is 10.0. The topological polar surface area (TPSA) is 44.5 Å². The van der Waals surface area contributed by atoms with Crippen molar-refractivity contribution in [3.05, 3.63) is 54.1 Å². The second-order valence-corrected chi connectivity index (χ2v) is 3.63. The summed E-state index contributed by atoms with van der Waals surface area (Å²) in [7, 11) is 1.64. The zero-order valence-corrected chi connectivity index (χ0v) is 9.72. The van der Waals surface area contributed by atoms with Crippen LogP contribution in [0.5, 0.6) is 17.2 Å². The van der Waals surface area contributed by atoms with Gasteiger partial charge < -0.3 is 15.2 Å². The van der Waals surface area contributed by atoms with Gasteiger partial charge >= 0.3 is 0 Å². The summed E-state index contributed by atoms with van der Waals surface area (Å²) in [6.45, 7) is 0.514. The van der Waals surface area contributed by atoms with E-state index in [-0.39, 0.29) is 0 Å². The standard InChI is InChI=1S/C14H15NO2/c1-16-12-5-7-13(8-6-12)17-14-4-2-3-11(9-14)10-15/h2-9H,10,15H2,1H3. The first-order valence-corrected chi connectivity index (χ1v) is 5.43. The summed E-state index contributed by atoms with van der Waals surface area (Å²) >= 11 is 0. The molecule has 0 saturated heterocycles. The highest BCUT2D eigenvalue weighted by Crippen LogP contribution is 2.24. The summed E-state index contributed by atoms with van der Waals surface area (Å²) in [6, 6.07) is 15.2. The molecule has 0 spiro atoms. The minimum Gasteiger partial charge on any atom is -0.497 e. The van der Waals surface area contributed by atoms with Crippen LogP contribution >= 0.6 is 0 Å². The largest absolute Gasteiger partial charge is 0.497 e. The molecule has 3 heteroatoms. The summed E-state index contributed by atoms with van der Waals surface area (Å²) in [6.07, 6.45) is 0. The van der Waals surface area contributed by atoms with Crippen molar-refractivity contribution in [1.82, 2.24) is 0 Å². The fourth-order valence-electron chi connectivity index (χ4n) is 1.52. The van der Waals surface area contributed by atoms with E-state index in [4.69, 9.17) is 15.2 Å². The molecule has 0 bridgehead atoms. The molecule has 88 valence electrons. The second kappa shape index (κ2) is 5.37. The molecule has 2 N–H and O–H groups in total. The van der Waals surface area contributed by atoms with Gasteiger partial charge in [-0.05, 0) is 42.0 Å². The Morgan fingerprint density at radius 2 is 1.65 bits per heavy atom. The highest BCUT2D eigenvalue weighted by molar-refractivity contribution is 5.36. The average molecular weight is 229 g/mol. The van der Waals surface area contributed by atoms with Gasteiger partial charge in [0.1, 0.15) is 17.2 Å². The van der Waals surface area contributed by atoms with E-state index in [0.717, 1.165) is 22.8 Å². The van der Waals surface area contributed by atoms with Crippen LogP contribution in [0.15, 0.2) is 48.5 Å². The predicted octanol–water partition coefficient (Wildman–Crippen LogP) is 2.95. The van der Waals surface area contributed by atoms with Gasteiger partial charge in [0.25, 0.3) is 0 Å². The van der Waals surface area contributed by atoms with Crippen LogP contribution in [0.1, 0.15) is 5.56 Å². The van der Waals surface area contributed by atoms with E-state index in [0.29, 0.717) is 6.54 Å². The van der Waals surface area contributed by atoms with Crippen molar-refractivity contribution >= 4 is 0 Å². The van der Waals surface area contributed by atoms with Gasteiger partial charge in [-0.2, -0.15) is 0 Å². The first-order valence-electron chi connectivity index (χ1n) is 5.43. The Kier molecular flexibility index (Phi) is 3.62. The van der Waals surface area contributed by atoms with E-state index in [9.17, 15) is 0 Å². The van der Waals surface area contributed by atoms with Crippen LogP contribution in [0, 0.1) is 0 Å². The Morgan fingerprint density at radius 1 is 0.941 bits per heavy atom. The van der Waals surface area contributed by atoms with Crippen LogP contribution in [0.4, 0.5) is 0 Å². The van der Waals surface area contributed by atoms with Gasteiger partial charge in [-0.1, -0.05) is 12.1 Å². The third kappa shape index (κ3) is 2.98. The van der Waals surface area contributed by atoms with Crippen LogP contribution in [-0.4, -0.2) is 7.11 Å². The maximum absolute atomic E-state index is 5.71. The molecule has 0 aromatic heterocycles. The van der Waals surface area contributed by atoms with Crippen LogP contribution in [0.25, 0.3) is 0 Å². The number of hydrogen-bond acceptors (Lipinski definition) is 3. The lowest BCUT2D eigenvalue weighted by Gasteiger charge is -2.07. The number of nitrogens with two attached hydrogens (primary N) is 1. The highest BCUT2D eigenvalue weighted by Gasteiger charge is 1.99. The Labute approximate surface area is 101 Å². The van der Waals surface area contributed by atoms with Crippen molar-refractivity contribution < 1.29 is 9.47 Å². The van der Waals surface area contributed by atoms with Gasteiger partial charge in [-0.3, -0.25) is 0 Å². The molecular weight excluding hydrogens is 214 g/mol. The van der Waals surface area contributed by atoms with E-state index in [1.54, 1.807) is 7.11 Å². The van der Waals surface area contributed by atoms with E-state index < -0.39 is 0 Å². The first-order chi connectivity index (χ1) is 8.31. The molecule has 0 saturated carbocycles. The molecule has 0 heterocycles. The van der Waals surface area contributed by atoms with Crippen molar-refractivity contribution in [1.29, 1.82) is 0 Å². The van der Waals surface area contributed by atoms with Gasteiger partial charge in [0.2, 0.25) is 0 Å². The third-order valence-corrected chi connectivity index (χ3v) is 2.43. The summed E-state index contributed by atoms with van der Waals surface area (Å²) in [4.78, 5) is 0. The predicted molar refractivity (Wildman–Crippen MR) is 67.4 cm³/mol. The maximum atomic E-state index is 5.71. The smallest absolute Gasteiger partial charge is 0.127 e. The van der Waals surface area contributed by atoms with Crippen molar-refractivity contribution in [3.63, 3.8) is 0 Å². The Bertz CT molecular complexity index is 480. The molecule has 0 unspecified atom stereocenters. The Balaban J connectivity index is 2.13. The second-order valence-electron chi connectivity index (χ2n) is 3.63. The van der Waals surface area contributed by atoms with Crippen LogP contribution in [0.3, 0.4) is 0 Å². The molecule has 3 nitrogen and oxygen atoms in total. The molecule has 0 aliphatic rings. The SMILES string of the molecule is COc1ccc(Oc2cccc(CN)c2)cc1. The monoisotopic (exact) mass is 229 g/mol. The average Bonchev–Trinajstić information content (AvgIpc) is 2.40. The molecule has 0 amide bonds. The minimum atomic E-state index is 0.514. The molecule has 2 rings (SSSR count). The molecular formula is C14H15NO2. The highest BCUT2D eigenvalue weighted by atomic mass is 16.5. The number of methoxy groups -OCH3 is 1. The van der Waals surface area contributed by atoms with E-state index >= 15 is 0 Å². The molecule has 0 aliphatic carbocycles. The van der Waals surface area contributed by atoms with E-state index in [1.807, 2.05) is 48.5 Å². The lowest BCUT2D eigenvalue weighted by Crippen LogP contribution is -1.96. The van der Waals surface area contributed by atoms with E-state index in [2.05, 4.69) is 0 Å². The summed E-state index contributed by atoms with van der Waals surface area (Å²) in [5.41, 5.74) is 6.63. The van der Waals surface area contributed by atoms with Gasteiger partial charge in [-0.15, -0.1) is 0 Å². The Morgan fingerprint density at radius 3 is 2.29 bits per heavy atom. The van der Waals surface area contributed by atoms with Crippen LogP contribution in [-0.2, 0) is 6.54 Å². The Hall–Kier alpha value is -2.00. The van der Waals surface area contributed by atoms with Crippen molar-refractivity contribution in [2.24, 2.45) is 5.73 Å². The van der Waals surface area contributed by atoms with Gasteiger partial charge in [0.05, 0.1) is 7.11 Å². The zero-order valence-electron chi connectivity index (χ0n) is 9.72. The summed E-state index contributed by atoms with van der Waals surface area (Å²) < 4.78 is 10.8. The van der Waals surface area contributed by atoms with Crippen LogP contribution < -0.4 is 15.2 Å². The van der Waals surface area contributed by atoms with Crippen molar-refractivity contribution in [2.45, 2.75) is 6.54 Å². The van der Waals surface area contributed by atoms with Crippen LogP contribution in [0.2, 0.25) is 0 Å². The quantitative estimate of drug-likeness (QED) is 0.876. The number of benzene rings is 2. The van der Waals surface area contributed by atoms with E-state index in [1.165, 1.54) is 0 Å². The third-order valence-electron chi connectivity index (χ3n) is 2.43. The zero-order chi connectivity index (χ0) is 12.1. The molecule has 0 fully saturated rings. The molecule has 0 aliphatic heterocycles. The lowest BCUT2D eigenvalue weighted by atomic mass is 10.2. The number of ether oxygens (including phenoxy) is 2. The van der Waals surface area contributed by atoms with Gasteiger partial charge in [0, 0.05) is 6.54 Å². The molecule has 2 aromatic rings. The lowest BCUT2D eigenvalue weighted by molar-refractivity contribution is 0.413.